The molecule has 1 aromatic rings. The van der Waals surface area contributed by atoms with Gasteiger partial charge in [0.1, 0.15) is 0 Å². The van der Waals surface area contributed by atoms with Crippen LogP contribution in [0.4, 0.5) is 0 Å². The lowest BCUT2D eigenvalue weighted by atomic mass is 9.94. The molecule has 0 fully saturated rings. The van der Waals surface area contributed by atoms with E-state index in [0.717, 1.165) is 31.2 Å². The summed E-state index contributed by atoms with van der Waals surface area (Å²) in [6, 6.07) is 3.25. The molecular formula is C21H30O6. The van der Waals surface area contributed by atoms with Crippen LogP contribution in [0.1, 0.15) is 90.0 Å². The van der Waals surface area contributed by atoms with E-state index in [4.69, 9.17) is 14.2 Å². The van der Waals surface area contributed by atoms with Crippen molar-refractivity contribution in [1.29, 1.82) is 0 Å². The summed E-state index contributed by atoms with van der Waals surface area (Å²) >= 11 is 0. The molecule has 27 heavy (non-hydrogen) atoms. The summed E-state index contributed by atoms with van der Waals surface area (Å²) in [6.45, 7) is 7.61. The van der Waals surface area contributed by atoms with E-state index in [1.54, 1.807) is 32.9 Å². The van der Waals surface area contributed by atoms with Crippen LogP contribution in [-0.2, 0) is 20.6 Å². The third-order valence-corrected chi connectivity index (χ3v) is 3.99. The molecule has 0 atom stereocenters. The first-order valence-corrected chi connectivity index (χ1v) is 9.68. The van der Waals surface area contributed by atoms with Crippen LogP contribution >= 0.6 is 0 Å². The molecule has 0 aliphatic carbocycles. The van der Waals surface area contributed by atoms with Gasteiger partial charge in [0.05, 0.1) is 36.5 Å². The summed E-state index contributed by atoms with van der Waals surface area (Å²) in [7, 11) is 0. The van der Waals surface area contributed by atoms with Crippen LogP contribution in [0.25, 0.3) is 0 Å². The molecule has 1 rings (SSSR count). The van der Waals surface area contributed by atoms with Crippen molar-refractivity contribution in [2.24, 2.45) is 0 Å². The molecule has 0 aliphatic heterocycles. The Morgan fingerprint density at radius 2 is 1.19 bits per heavy atom. The molecule has 0 saturated carbocycles. The zero-order chi connectivity index (χ0) is 20.2. The topological polar surface area (TPSA) is 78.9 Å². The van der Waals surface area contributed by atoms with Gasteiger partial charge in [-0.15, -0.1) is 0 Å². The molecule has 0 amide bonds. The maximum Gasteiger partial charge on any atom is 0.339 e. The number of esters is 3. The Hall–Kier alpha value is -2.37. The van der Waals surface area contributed by atoms with Gasteiger partial charge < -0.3 is 14.2 Å². The standard InChI is InChI=1S/C21H30O6/c1-5-9-10-11-12-15-13-16(19(22)25-6-2)18(21(24)27-8-4)17(14-15)20(23)26-7-3/h13-14H,5-12H2,1-4H3. The third-order valence-electron chi connectivity index (χ3n) is 3.99. The number of ether oxygens (including phenoxy) is 3. The summed E-state index contributed by atoms with van der Waals surface area (Å²) in [5, 5.41) is 0. The van der Waals surface area contributed by atoms with Crippen LogP contribution < -0.4 is 0 Å². The van der Waals surface area contributed by atoms with Gasteiger partial charge in [-0.25, -0.2) is 14.4 Å². The predicted octanol–water partition coefficient (Wildman–Crippen LogP) is 4.34. The molecule has 0 unspecified atom stereocenters. The normalized spacial score (nSPS) is 10.4. The van der Waals surface area contributed by atoms with Crippen molar-refractivity contribution < 1.29 is 28.6 Å². The van der Waals surface area contributed by atoms with E-state index in [0.29, 0.717) is 6.42 Å². The third kappa shape index (κ3) is 6.70. The molecule has 0 N–H and O–H groups in total. The number of benzene rings is 1. The van der Waals surface area contributed by atoms with Crippen molar-refractivity contribution in [2.45, 2.75) is 59.8 Å². The highest BCUT2D eigenvalue weighted by Gasteiger charge is 2.28. The average Bonchev–Trinajstić information content (AvgIpc) is 2.65. The van der Waals surface area contributed by atoms with E-state index < -0.39 is 17.9 Å². The van der Waals surface area contributed by atoms with Gasteiger partial charge in [-0.1, -0.05) is 26.2 Å². The van der Waals surface area contributed by atoms with E-state index in [9.17, 15) is 14.4 Å². The second-order valence-corrected chi connectivity index (χ2v) is 6.04. The lowest BCUT2D eigenvalue weighted by Crippen LogP contribution is -2.20. The quantitative estimate of drug-likeness (QED) is 0.324. The van der Waals surface area contributed by atoms with Crippen molar-refractivity contribution >= 4 is 17.9 Å². The van der Waals surface area contributed by atoms with Crippen LogP contribution in [0, 0.1) is 0 Å². The van der Waals surface area contributed by atoms with Gasteiger partial charge >= 0.3 is 17.9 Å². The number of hydrogen-bond donors (Lipinski definition) is 0. The van der Waals surface area contributed by atoms with Gasteiger partial charge in [-0.3, -0.25) is 0 Å². The van der Waals surface area contributed by atoms with Crippen LogP contribution in [0.3, 0.4) is 0 Å². The molecule has 0 spiro atoms. The largest absolute Gasteiger partial charge is 0.462 e. The molecule has 0 bridgehead atoms. The molecule has 6 heteroatoms. The second kappa shape index (κ2) is 12.1. The van der Waals surface area contributed by atoms with Crippen molar-refractivity contribution in [3.63, 3.8) is 0 Å². The van der Waals surface area contributed by atoms with Crippen molar-refractivity contribution in [3.8, 4) is 0 Å². The Morgan fingerprint density at radius 1 is 0.704 bits per heavy atom. The maximum absolute atomic E-state index is 12.5. The first-order valence-electron chi connectivity index (χ1n) is 9.68. The number of carbonyl (C=O) groups is 3. The van der Waals surface area contributed by atoms with Gasteiger partial charge in [-0.05, 0) is 51.3 Å². The smallest absolute Gasteiger partial charge is 0.339 e. The van der Waals surface area contributed by atoms with Crippen LogP contribution in [0.2, 0.25) is 0 Å². The van der Waals surface area contributed by atoms with Crippen molar-refractivity contribution in [1.82, 2.24) is 0 Å². The predicted molar refractivity (Wildman–Crippen MR) is 102 cm³/mol. The van der Waals surface area contributed by atoms with Crippen molar-refractivity contribution in [3.05, 3.63) is 34.4 Å². The van der Waals surface area contributed by atoms with Crippen LogP contribution in [0.15, 0.2) is 12.1 Å². The first kappa shape index (κ1) is 22.7. The fourth-order valence-electron chi connectivity index (χ4n) is 2.76. The molecule has 0 saturated heterocycles. The lowest BCUT2D eigenvalue weighted by molar-refractivity contribution is 0.0458. The fourth-order valence-corrected chi connectivity index (χ4v) is 2.76. The molecule has 1 aromatic carbocycles. The van der Waals surface area contributed by atoms with E-state index in [1.165, 1.54) is 0 Å². The monoisotopic (exact) mass is 378 g/mol. The maximum atomic E-state index is 12.5. The molecule has 150 valence electrons. The molecule has 0 aromatic heterocycles. The Kier molecular flexibility index (Phi) is 10.2. The molecule has 0 heterocycles. The second-order valence-electron chi connectivity index (χ2n) is 6.04. The van der Waals surface area contributed by atoms with Gasteiger partial charge in [0.2, 0.25) is 0 Å². The fraction of sp³-hybridized carbons (Fsp3) is 0.571. The van der Waals surface area contributed by atoms with E-state index in [-0.39, 0.29) is 36.5 Å². The summed E-state index contributed by atoms with van der Waals surface area (Å²) in [5.74, 6) is -2.04. The minimum absolute atomic E-state index is 0.0475. The Balaban J connectivity index is 3.42. The highest BCUT2D eigenvalue weighted by Crippen LogP contribution is 2.23. The first-order chi connectivity index (χ1) is 13.0. The number of aryl methyl sites for hydroxylation is 1. The Morgan fingerprint density at radius 3 is 1.63 bits per heavy atom. The van der Waals surface area contributed by atoms with E-state index in [1.807, 2.05) is 0 Å². The number of unbranched alkanes of at least 4 members (excludes halogenated alkanes) is 3. The highest BCUT2D eigenvalue weighted by atomic mass is 16.5. The zero-order valence-electron chi connectivity index (χ0n) is 16.8. The molecule has 0 radical (unpaired) electrons. The number of rotatable bonds is 11. The van der Waals surface area contributed by atoms with Gasteiger partial charge in [-0.2, -0.15) is 0 Å². The Bertz CT molecular complexity index is 611. The molecule has 6 nitrogen and oxygen atoms in total. The summed E-state index contributed by atoms with van der Waals surface area (Å²) < 4.78 is 15.2. The van der Waals surface area contributed by atoms with Crippen LogP contribution in [-0.4, -0.2) is 37.7 Å². The number of carbonyl (C=O) groups excluding carboxylic acids is 3. The lowest BCUT2D eigenvalue weighted by Gasteiger charge is -2.15. The van der Waals surface area contributed by atoms with Crippen LogP contribution in [0.5, 0.6) is 0 Å². The van der Waals surface area contributed by atoms with Gasteiger partial charge in [0.25, 0.3) is 0 Å². The minimum Gasteiger partial charge on any atom is -0.462 e. The highest BCUT2D eigenvalue weighted by molar-refractivity contribution is 6.10. The molecular weight excluding hydrogens is 348 g/mol. The van der Waals surface area contributed by atoms with Gasteiger partial charge in [0.15, 0.2) is 0 Å². The SMILES string of the molecule is CCCCCCc1cc(C(=O)OCC)c(C(=O)OCC)c(C(=O)OCC)c1. The van der Waals surface area contributed by atoms with E-state index >= 15 is 0 Å². The summed E-state index contributed by atoms with van der Waals surface area (Å²) in [6.07, 6.45) is 4.92. The summed E-state index contributed by atoms with van der Waals surface area (Å²) in [5.41, 5.74) is 0.800. The summed E-state index contributed by atoms with van der Waals surface area (Å²) in [4.78, 5) is 37.4. The van der Waals surface area contributed by atoms with Crippen molar-refractivity contribution in [2.75, 3.05) is 19.8 Å². The van der Waals surface area contributed by atoms with E-state index in [2.05, 4.69) is 6.92 Å². The zero-order valence-corrected chi connectivity index (χ0v) is 16.8. The Labute approximate surface area is 161 Å². The number of hydrogen-bond acceptors (Lipinski definition) is 6. The minimum atomic E-state index is -0.735. The average molecular weight is 378 g/mol. The van der Waals surface area contributed by atoms with Gasteiger partial charge in [0, 0.05) is 0 Å². The molecule has 0 aliphatic rings.